The van der Waals surface area contributed by atoms with Gasteiger partial charge in [-0.2, -0.15) is 4.98 Å². The van der Waals surface area contributed by atoms with E-state index in [0.29, 0.717) is 31.6 Å². The molecule has 1 aromatic heterocycles. The molecular formula is C24H24N4O3. The van der Waals surface area contributed by atoms with Crippen LogP contribution in [0.3, 0.4) is 0 Å². The zero-order chi connectivity index (χ0) is 20.9. The predicted molar refractivity (Wildman–Crippen MR) is 118 cm³/mol. The van der Waals surface area contributed by atoms with Crippen LogP contribution in [0.2, 0.25) is 0 Å². The summed E-state index contributed by atoms with van der Waals surface area (Å²) in [6, 6.07) is 22.4. The SMILES string of the molecule is C1=C(N(Cc2ccccc2)c2nc(-c3ccccc3)cc(N3CCOCC3)n2)OCO1. The minimum Gasteiger partial charge on any atom is -0.459 e. The molecule has 1 saturated heterocycles. The second-order valence-corrected chi connectivity index (χ2v) is 7.33. The van der Waals surface area contributed by atoms with Crippen molar-refractivity contribution in [3.05, 3.63) is 84.4 Å². The maximum Gasteiger partial charge on any atom is 0.235 e. The number of rotatable bonds is 6. The van der Waals surface area contributed by atoms with Gasteiger partial charge in [0.2, 0.25) is 18.6 Å². The lowest BCUT2D eigenvalue weighted by atomic mass is 10.1. The first-order valence-corrected chi connectivity index (χ1v) is 10.4. The number of anilines is 2. The van der Waals surface area contributed by atoms with Crippen LogP contribution in [0.5, 0.6) is 0 Å². The zero-order valence-corrected chi connectivity index (χ0v) is 17.2. The molecule has 158 valence electrons. The van der Waals surface area contributed by atoms with Crippen molar-refractivity contribution in [1.82, 2.24) is 9.97 Å². The molecule has 0 N–H and O–H groups in total. The Kier molecular flexibility index (Phi) is 5.66. The maximum absolute atomic E-state index is 5.72. The van der Waals surface area contributed by atoms with E-state index >= 15 is 0 Å². The minimum atomic E-state index is 0.190. The summed E-state index contributed by atoms with van der Waals surface area (Å²) >= 11 is 0. The van der Waals surface area contributed by atoms with Crippen molar-refractivity contribution >= 4 is 11.8 Å². The lowest BCUT2D eigenvalue weighted by Gasteiger charge is -2.29. The fourth-order valence-electron chi connectivity index (χ4n) is 3.64. The first-order chi connectivity index (χ1) is 15.4. The molecule has 2 aromatic carbocycles. The third kappa shape index (κ3) is 4.46. The van der Waals surface area contributed by atoms with Gasteiger partial charge in [0.25, 0.3) is 0 Å². The largest absolute Gasteiger partial charge is 0.459 e. The summed E-state index contributed by atoms with van der Waals surface area (Å²) in [6.07, 6.45) is 1.62. The molecule has 0 amide bonds. The van der Waals surface area contributed by atoms with Gasteiger partial charge in [-0.3, -0.25) is 4.90 Å². The third-order valence-corrected chi connectivity index (χ3v) is 5.26. The third-order valence-electron chi connectivity index (χ3n) is 5.26. The molecule has 0 unspecified atom stereocenters. The van der Waals surface area contributed by atoms with Crippen LogP contribution in [0.4, 0.5) is 11.8 Å². The van der Waals surface area contributed by atoms with Crippen LogP contribution in [0, 0.1) is 0 Å². The molecule has 0 saturated carbocycles. The zero-order valence-electron chi connectivity index (χ0n) is 17.2. The molecular weight excluding hydrogens is 392 g/mol. The van der Waals surface area contributed by atoms with E-state index in [0.717, 1.165) is 35.7 Å². The standard InChI is InChI=1S/C24H24N4O3/c1-3-7-19(8-4-1)16-28(23-17-30-18-31-23)24-25-21(20-9-5-2-6-10-20)15-22(26-24)27-11-13-29-14-12-27/h1-10,15,17H,11-14,16,18H2. The average molecular weight is 416 g/mol. The van der Waals surface area contributed by atoms with E-state index < -0.39 is 0 Å². The number of nitrogens with zero attached hydrogens (tertiary/aromatic N) is 4. The second kappa shape index (κ2) is 9.06. The first kappa shape index (κ1) is 19.4. The molecule has 31 heavy (non-hydrogen) atoms. The maximum atomic E-state index is 5.72. The molecule has 2 aliphatic heterocycles. The topological polar surface area (TPSA) is 60.0 Å². The smallest absolute Gasteiger partial charge is 0.235 e. The van der Waals surface area contributed by atoms with Gasteiger partial charge in [0, 0.05) is 24.7 Å². The van der Waals surface area contributed by atoms with Crippen molar-refractivity contribution < 1.29 is 14.2 Å². The van der Waals surface area contributed by atoms with Crippen LogP contribution < -0.4 is 9.80 Å². The number of hydrogen-bond acceptors (Lipinski definition) is 7. The van der Waals surface area contributed by atoms with Crippen molar-refractivity contribution in [2.45, 2.75) is 6.54 Å². The normalized spacial score (nSPS) is 15.7. The second-order valence-electron chi connectivity index (χ2n) is 7.33. The summed E-state index contributed by atoms with van der Waals surface area (Å²) < 4.78 is 16.6. The molecule has 0 bridgehead atoms. The Morgan fingerprint density at radius 1 is 0.903 bits per heavy atom. The van der Waals surface area contributed by atoms with Crippen LogP contribution in [-0.2, 0) is 20.8 Å². The van der Waals surface area contributed by atoms with Gasteiger partial charge in [-0.25, -0.2) is 4.98 Å². The Bertz CT molecular complexity index is 1040. The van der Waals surface area contributed by atoms with Gasteiger partial charge in [0.1, 0.15) is 12.1 Å². The summed E-state index contributed by atoms with van der Waals surface area (Å²) in [4.78, 5) is 14.0. The Morgan fingerprint density at radius 3 is 2.35 bits per heavy atom. The van der Waals surface area contributed by atoms with E-state index in [9.17, 15) is 0 Å². The minimum absolute atomic E-state index is 0.190. The number of benzene rings is 2. The average Bonchev–Trinajstić information content (AvgIpc) is 3.39. The van der Waals surface area contributed by atoms with Crippen molar-refractivity contribution in [3.63, 3.8) is 0 Å². The fraction of sp³-hybridized carbons (Fsp3) is 0.250. The van der Waals surface area contributed by atoms with E-state index in [1.807, 2.05) is 47.4 Å². The van der Waals surface area contributed by atoms with E-state index in [-0.39, 0.29) is 6.79 Å². The van der Waals surface area contributed by atoms with Gasteiger partial charge in [-0.15, -0.1) is 0 Å². The predicted octanol–water partition coefficient (Wildman–Crippen LogP) is 3.79. The van der Waals surface area contributed by atoms with Gasteiger partial charge in [0.15, 0.2) is 0 Å². The van der Waals surface area contributed by atoms with Crippen LogP contribution in [0.1, 0.15) is 5.56 Å². The quantitative estimate of drug-likeness (QED) is 0.606. The Hall–Kier alpha value is -3.58. The molecule has 5 rings (SSSR count). The lowest BCUT2D eigenvalue weighted by Crippen LogP contribution is -2.37. The van der Waals surface area contributed by atoms with Crippen LogP contribution in [-0.4, -0.2) is 43.1 Å². The highest BCUT2D eigenvalue weighted by atomic mass is 16.7. The van der Waals surface area contributed by atoms with E-state index in [4.69, 9.17) is 24.2 Å². The molecule has 0 atom stereocenters. The fourth-order valence-corrected chi connectivity index (χ4v) is 3.64. The van der Waals surface area contributed by atoms with Crippen molar-refractivity contribution in [2.75, 3.05) is 42.9 Å². The molecule has 3 aromatic rings. The van der Waals surface area contributed by atoms with Gasteiger partial charge in [0.05, 0.1) is 25.5 Å². The summed E-state index contributed by atoms with van der Waals surface area (Å²) in [5.41, 5.74) is 3.03. The summed E-state index contributed by atoms with van der Waals surface area (Å²) in [5, 5.41) is 0. The van der Waals surface area contributed by atoms with Gasteiger partial charge in [-0.05, 0) is 5.56 Å². The Morgan fingerprint density at radius 2 is 1.65 bits per heavy atom. The molecule has 3 heterocycles. The molecule has 7 nitrogen and oxygen atoms in total. The number of hydrogen-bond donors (Lipinski definition) is 0. The summed E-state index contributed by atoms with van der Waals surface area (Å²) in [6.45, 7) is 3.73. The molecule has 2 aliphatic rings. The van der Waals surface area contributed by atoms with Crippen LogP contribution >= 0.6 is 0 Å². The Balaban J connectivity index is 1.58. The molecule has 0 aliphatic carbocycles. The van der Waals surface area contributed by atoms with Crippen LogP contribution in [0.25, 0.3) is 11.3 Å². The van der Waals surface area contributed by atoms with Crippen molar-refractivity contribution in [1.29, 1.82) is 0 Å². The number of morpholine rings is 1. The number of aromatic nitrogens is 2. The van der Waals surface area contributed by atoms with E-state index in [2.05, 4.69) is 29.2 Å². The Labute approximate surface area is 181 Å². The first-order valence-electron chi connectivity index (χ1n) is 10.4. The molecule has 7 heteroatoms. The van der Waals surface area contributed by atoms with E-state index in [1.54, 1.807) is 6.26 Å². The van der Waals surface area contributed by atoms with Gasteiger partial charge >= 0.3 is 0 Å². The monoisotopic (exact) mass is 416 g/mol. The van der Waals surface area contributed by atoms with Gasteiger partial charge < -0.3 is 19.1 Å². The molecule has 0 radical (unpaired) electrons. The summed E-state index contributed by atoms with van der Waals surface area (Å²) in [5.74, 6) is 2.05. The molecule has 0 spiro atoms. The lowest BCUT2D eigenvalue weighted by molar-refractivity contribution is 0.0780. The van der Waals surface area contributed by atoms with Crippen molar-refractivity contribution in [3.8, 4) is 11.3 Å². The highest BCUT2D eigenvalue weighted by Crippen LogP contribution is 2.29. The van der Waals surface area contributed by atoms with Gasteiger partial charge in [-0.1, -0.05) is 60.7 Å². The summed E-state index contributed by atoms with van der Waals surface area (Å²) in [7, 11) is 0. The van der Waals surface area contributed by atoms with Crippen LogP contribution in [0.15, 0.2) is 78.9 Å². The molecule has 1 fully saturated rings. The highest BCUT2D eigenvalue weighted by Gasteiger charge is 2.24. The van der Waals surface area contributed by atoms with Crippen molar-refractivity contribution in [2.24, 2.45) is 0 Å². The number of ether oxygens (including phenoxy) is 3. The highest BCUT2D eigenvalue weighted by molar-refractivity contribution is 5.65. The van der Waals surface area contributed by atoms with E-state index in [1.165, 1.54) is 0 Å².